The predicted octanol–water partition coefficient (Wildman–Crippen LogP) is -9.79. The molecular formula is C24H29NaO22. The summed E-state index contributed by atoms with van der Waals surface area (Å²) in [4.78, 5) is 81.0. The molecule has 10 N–H and O–H groups in total. The summed E-state index contributed by atoms with van der Waals surface area (Å²) in [5.74, 6) is -15.1. The molecule has 5 atom stereocenters. The van der Waals surface area contributed by atoms with Crippen LogP contribution >= 0.6 is 0 Å². The smallest absolute Gasteiger partial charge is 1.00 e. The Bertz CT molecular complexity index is 1300. The van der Waals surface area contributed by atoms with Gasteiger partial charge in [0.1, 0.15) is 0 Å². The monoisotopic (exact) mass is 692 g/mol. The van der Waals surface area contributed by atoms with Crippen LogP contribution in [0.4, 0.5) is 0 Å². The molecule has 22 nitrogen and oxygen atoms in total. The van der Waals surface area contributed by atoms with Crippen molar-refractivity contribution in [2.75, 3.05) is 33.0 Å². The first-order valence-electron chi connectivity index (χ1n) is 12.3. The number of aliphatic hydroxyl groups excluding tert-OH is 10. The van der Waals surface area contributed by atoms with E-state index in [0.29, 0.717) is 18.2 Å². The Morgan fingerprint density at radius 2 is 0.915 bits per heavy atom. The fourth-order valence-corrected chi connectivity index (χ4v) is 2.49. The Hall–Kier alpha value is -3.62. The Kier molecular flexibility index (Phi) is 19.7. The summed E-state index contributed by atoms with van der Waals surface area (Å²) < 4.78 is 19.4. The van der Waals surface area contributed by atoms with Crippen LogP contribution in [-0.4, -0.2) is 150 Å². The number of aliphatic hydroxyl groups is 10. The van der Waals surface area contributed by atoms with E-state index in [1.54, 1.807) is 0 Å². The van der Waals surface area contributed by atoms with Crippen LogP contribution in [0.5, 0.6) is 23.0 Å². The van der Waals surface area contributed by atoms with Crippen molar-refractivity contribution in [2.24, 2.45) is 0 Å². The van der Waals surface area contributed by atoms with E-state index in [9.17, 15) is 49.2 Å². The van der Waals surface area contributed by atoms with Gasteiger partial charge in [-0.3, -0.25) is 0 Å². The number of esters is 4. The van der Waals surface area contributed by atoms with E-state index in [-0.39, 0.29) is 31.0 Å². The summed E-state index contributed by atoms with van der Waals surface area (Å²) in [5, 5.41) is 93.1. The molecule has 0 aromatic heterocycles. The van der Waals surface area contributed by atoms with Crippen LogP contribution in [0.2, 0.25) is 0 Å². The number of hydrogen-bond donors (Lipinski definition) is 10. The van der Waals surface area contributed by atoms with E-state index in [4.69, 9.17) is 49.6 Å². The van der Waals surface area contributed by atoms with E-state index in [2.05, 4.69) is 9.78 Å². The first-order valence-corrected chi connectivity index (χ1v) is 12.3. The fraction of sp³-hybridized carbons (Fsp3) is 0.417. The zero-order valence-corrected chi connectivity index (χ0v) is 26.0. The Labute approximate surface area is 285 Å². The summed E-state index contributed by atoms with van der Waals surface area (Å²) in [6, 6.07) is 0.537. The third-order valence-electron chi connectivity index (χ3n) is 4.83. The number of rotatable bonds is 16. The quantitative estimate of drug-likeness (QED) is 0.0192. The Morgan fingerprint density at radius 1 is 0.553 bits per heavy atom. The number of carbonyl (C=O) groups excluding carboxylic acids is 6. The summed E-state index contributed by atoms with van der Waals surface area (Å²) in [5.41, 5.74) is -0.762. The molecule has 23 heteroatoms. The molecule has 0 heterocycles. The first kappa shape index (κ1) is 43.4. The van der Waals surface area contributed by atoms with Crippen LogP contribution < -0.4 is 48.5 Å². The van der Waals surface area contributed by atoms with Crippen LogP contribution in [0.15, 0.2) is 12.1 Å². The van der Waals surface area contributed by atoms with Gasteiger partial charge in [-0.1, -0.05) is 0 Å². The molecular weight excluding hydrogens is 663 g/mol. The molecule has 47 heavy (non-hydrogen) atoms. The molecule has 1 aromatic rings. The van der Waals surface area contributed by atoms with Gasteiger partial charge in [0.25, 0.3) is 0 Å². The van der Waals surface area contributed by atoms with E-state index in [1.807, 2.05) is 0 Å². The van der Waals surface area contributed by atoms with Crippen LogP contribution in [0.25, 0.3) is 6.08 Å². The van der Waals surface area contributed by atoms with Crippen LogP contribution in [0.3, 0.4) is 0 Å². The van der Waals surface area contributed by atoms with Crippen molar-refractivity contribution in [2.45, 2.75) is 30.5 Å². The molecule has 0 saturated carbocycles. The van der Waals surface area contributed by atoms with E-state index < -0.39 is 128 Å². The van der Waals surface area contributed by atoms with Crippen molar-refractivity contribution in [3.8, 4) is 23.0 Å². The summed E-state index contributed by atoms with van der Waals surface area (Å²) in [6.07, 6.45) is -10.5. The van der Waals surface area contributed by atoms with Gasteiger partial charge in [-0.15, -0.1) is 0 Å². The number of benzene rings is 1. The summed E-state index contributed by atoms with van der Waals surface area (Å²) in [7, 11) is 0. The Balaban J connectivity index is 0. The van der Waals surface area contributed by atoms with Gasteiger partial charge in [0.2, 0.25) is 11.5 Å². The molecule has 0 aliphatic heterocycles. The summed E-state index contributed by atoms with van der Waals surface area (Å²) in [6.45, 7) is -6.19. The molecule has 258 valence electrons. The minimum absolute atomic E-state index is 0. The zero-order valence-electron chi connectivity index (χ0n) is 25.0. The second kappa shape index (κ2) is 21.3. The van der Waals surface area contributed by atoms with Gasteiger partial charge < -0.3 is 71.4 Å². The van der Waals surface area contributed by atoms with Crippen LogP contribution in [0.1, 0.15) is 6.99 Å². The Morgan fingerprint density at radius 3 is 1.34 bits per heavy atom. The topological polar surface area (TPSA) is 360 Å². The number of hydrogen-bond acceptors (Lipinski definition) is 22. The number of carbonyl (C=O) groups is 6. The van der Waals surface area contributed by atoms with Crippen molar-refractivity contribution in [3.05, 3.63) is 17.7 Å². The molecule has 0 saturated heterocycles. The van der Waals surface area contributed by atoms with Crippen molar-refractivity contribution in [1.82, 2.24) is 0 Å². The maximum absolute atomic E-state index is 12.4. The largest absolute Gasteiger partial charge is 1.00 e. The van der Waals surface area contributed by atoms with Gasteiger partial charge in [-0.05, 0) is 12.1 Å². The van der Waals surface area contributed by atoms with E-state index in [0.717, 1.165) is 0 Å². The second-order valence-corrected chi connectivity index (χ2v) is 8.27. The molecule has 0 fully saturated rings. The maximum atomic E-state index is 12.4. The molecule has 1 rings (SSSR count). The van der Waals surface area contributed by atoms with Gasteiger partial charge in [0.05, 0.1) is 33.0 Å². The summed E-state index contributed by atoms with van der Waals surface area (Å²) >= 11 is 0. The molecule has 0 aliphatic carbocycles. The molecule has 0 aliphatic rings. The van der Waals surface area contributed by atoms with Crippen molar-refractivity contribution in [1.29, 1.82) is 0 Å². The fourth-order valence-electron chi connectivity index (χ4n) is 2.49. The van der Waals surface area contributed by atoms with Gasteiger partial charge >= 0.3 is 65.4 Å². The van der Waals surface area contributed by atoms with E-state index >= 15 is 0 Å². The number of ether oxygens (including phenoxy) is 4. The molecule has 5 unspecified atom stereocenters. The van der Waals surface area contributed by atoms with E-state index in [1.165, 1.54) is 0 Å². The molecule has 0 bridgehead atoms. The van der Waals surface area contributed by atoms with Crippen LogP contribution in [0, 0.1) is 0 Å². The standard InChI is InChI=1S/C24H28O22.Na.H/c25-4-10(30)20(36)41-15-3-9(1-2-16(35)45-46-24(40)14(34)8-29)17(42-21(37)11(31)5-26)19(44-23(39)13(33)7-28)18(15)43-22(38)12(32)6-27;;/h1-3,10-14,25-34H,4-8H2;;/q;+1;-1. The average molecular weight is 692 g/mol. The van der Waals surface area contributed by atoms with Crippen molar-refractivity contribution >= 4 is 41.9 Å². The second-order valence-electron chi connectivity index (χ2n) is 8.27. The van der Waals surface area contributed by atoms with Crippen LogP contribution in [-0.2, 0) is 38.5 Å². The predicted molar refractivity (Wildman–Crippen MR) is 137 cm³/mol. The van der Waals surface area contributed by atoms with Gasteiger partial charge in [-0.25, -0.2) is 38.5 Å². The minimum Gasteiger partial charge on any atom is -1.00 e. The van der Waals surface area contributed by atoms with Gasteiger partial charge in [0, 0.05) is 11.6 Å². The third kappa shape index (κ3) is 13.2. The van der Waals surface area contributed by atoms with Gasteiger partial charge in [-0.2, -0.15) is 0 Å². The van der Waals surface area contributed by atoms with Crippen molar-refractivity contribution < 1.29 is 140 Å². The zero-order chi connectivity index (χ0) is 35.1. The average Bonchev–Trinajstić information content (AvgIpc) is 3.05. The molecule has 0 amide bonds. The maximum Gasteiger partial charge on any atom is 1.00 e. The normalized spacial score (nSPS) is 14.0. The van der Waals surface area contributed by atoms with Gasteiger partial charge in [0.15, 0.2) is 42.0 Å². The third-order valence-corrected chi connectivity index (χ3v) is 4.83. The minimum atomic E-state index is -2.36. The first-order chi connectivity index (χ1) is 21.6. The van der Waals surface area contributed by atoms with Crippen molar-refractivity contribution in [3.63, 3.8) is 0 Å². The molecule has 0 radical (unpaired) electrons. The SMILES string of the molecule is O=C(C=Cc1cc(OC(=O)C(O)CO)c(OC(=O)C(O)CO)c(OC(=O)C(O)CO)c1OC(=O)C(O)CO)OOC(=O)C(O)CO.[H-].[Na+]. The molecule has 0 spiro atoms. The molecule has 1 aromatic carbocycles.